The number of aryl methyl sites for hydroxylation is 1. The fourth-order valence-corrected chi connectivity index (χ4v) is 3.90. The summed E-state index contributed by atoms with van der Waals surface area (Å²) < 4.78 is 25.2. The highest BCUT2D eigenvalue weighted by Crippen LogP contribution is 2.32. The van der Waals surface area contributed by atoms with Crippen molar-refractivity contribution in [3.05, 3.63) is 72.1 Å². The molecule has 1 aliphatic rings. The van der Waals surface area contributed by atoms with E-state index in [9.17, 15) is 8.78 Å². The number of alkyl halides is 1. The maximum Gasteiger partial charge on any atom is 0.123 e. The minimum Gasteiger partial charge on any atom is -0.251 e. The van der Waals surface area contributed by atoms with Crippen molar-refractivity contribution in [2.24, 2.45) is 11.8 Å². The third-order valence-electron chi connectivity index (χ3n) is 5.55. The molecule has 0 N–H and O–H groups in total. The van der Waals surface area contributed by atoms with E-state index in [1.807, 2.05) is 18.2 Å². The molecule has 1 aliphatic carbocycles. The average molecular weight is 354 g/mol. The Morgan fingerprint density at radius 1 is 0.846 bits per heavy atom. The minimum atomic E-state index is -0.244. The quantitative estimate of drug-likeness (QED) is 0.463. The smallest absolute Gasteiger partial charge is 0.123 e. The van der Waals surface area contributed by atoms with Crippen LogP contribution in [-0.4, -0.2) is 6.67 Å². The Bertz CT molecular complexity index is 677. The summed E-state index contributed by atoms with van der Waals surface area (Å²) in [6, 6.07) is 15.3. The summed E-state index contributed by atoms with van der Waals surface area (Å²) in [6.45, 7) is -0.244. The average Bonchev–Trinajstić information content (AvgIpc) is 2.69. The first-order valence-electron chi connectivity index (χ1n) is 9.82. The number of benzene rings is 2. The molecule has 0 bridgehead atoms. The van der Waals surface area contributed by atoms with Crippen LogP contribution in [0.4, 0.5) is 8.78 Å². The van der Waals surface area contributed by atoms with E-state index < -0.39 is 0 Å². The molecule has 0 aliphatic heterocycles. The van der Waals surface area contributed by atoms with Crippen LogP contribution < -0.4 is 0 Å². The first-order chi connectivity index (χ1) is 12.7. The number of rotatable bonds is 7. The summed E-state index contributed by atoms with van der Waals surface area (Å²) in [5, 5.41) is 0. The van der Waals surface area contributed by atoms with Gasteiger partial charge >= 0.3 is 0 Å². The van der Waals surface area contributed by atoms with Crippen molar-refractivity contribution in [1.82, 2.24) is 0 Å². The van der Waals surface area contributed by atoms with E-state index in [1.54, 1.807) is 0 Å². The standard InChI is InChI=1S/C24H28F2/c25-18-2-1-3-19-4-6-20(7-5-19)8-9-21-10-12-22(13-11-21)23-14-16-24(26)17-15-23/h1,3,10-17,19-20H,2,4-9,18H2/b3-1+. The minimum absolute atomic E-state index is 0.196. The molecule has 1 fully saturated rings. The van der Waals surface area contributed by atoms with Gasteiger partial charge < -0.3 is 0 Å². The lowest BCUT2D eigenvalue weighted by molar-refractivity contribution is 0.296. The lowest BCUT2D eigenvalue weighted by atomic mass is 9.79. The monoisotopic (exact) mass is 354 g/mol. The molecule has 2 heteroatoms. The number of allylic oxidation sites excluding steroid dienone is 2. The van der Waals surface area contributed by atoms with Crippen LogP contribution in [0, 0.1) is 17.7 Å². The van der Waals surface area contributed by atoms with Crippen LogP contribution in [0.15, 0.2) is 60.7 Å². The second-order valence-electron chi connectivity index (χ2n) is 7.43. The maximum atomic E-state index is 13.0. The molecule has 0 amide bonds. The van der Waals surface area contributed by atoms with Crippen molar-refractivity contribution in [2.45, 2.75) is 44.9 Å². The first-order valence-corrected chi connectivity index (χ1v) is 9.82. The van der Waals surface area contributed by atoms with Gasteiger partial charge in [0.15, 0.2) is 0 Å². The van der Waals surface area contributed by atoms with Gasteiger partial charge in [-0.25, -0.2) is 4.39 Å². The zero-order chi connectivity index (χ0) is 18.2. The van der Waals surface area contributed by atoms with Gasteiger partial charge in [-0.15, -0.1) is 0 Å². The molecule has 0 spiro atoms. The summed E-state index contributed by atoms with van der Waals surface area (Å²) in [6.07, 6.45) is 12.2. The summed E-state index contributed by atoms with van der Waals surface area (Å²) in [4.78, 5) is 0. The van der Waals surface area contributed by atoms with Crippen LogP contribution in [0.1, 0.15) is 44.1 Å². The molecule has 2 aromatic rings. The van der Waals surface area contributed by atoms with E-state index in [0.717, 1.165) is 23.5 Å². The van der Waals surface area contributed by atoms with Gasteiger partial charge in [-0.05, 0) is 85.6 Å². The van der Waals surface area contributed by atoms with Crippen molar-refractivity contribution < 1.29 is 8.78 Å². The molecule has 0 nitrogen and oxygen atoms in total. The van der Waals surface area contributed by atoms with Gasteiger partial charge in [0.05, 0.1) is 6.67 Å². The van der Waals surface area contributed by atoms with Gasteiger partial charge in [0, 0.05) is 0 Å². The SMILES string of the molecule is FCC/C=C/C1CCC(CCc2ccc(-c3ccc(F)cc3)cc2)CC1. The second-order valence-corrected chi connectivity index (χ2v) is 7.43. The van der Waals surface area contributed by atoms with E-state index >= 15 is 0 Å². The van der Waals surface area contributed by atoms with Crippen molar-refractivity contribution in [3.63, 3.8) is 0 Å². The van der Waals surface area contributed by atoms with Gasteiger partial charge in [0.2, 0.25) is 0 Å². The van der Waals surface area contributed by atoms with Crippen molar-refractivity contribution in [3.8, 4) is 11.1 Å². The van der Waals surface area contributed by atoms with Gasteiger partial charge in [0.1, 0.15) is 5.82 Å². The largest absolute Gasteiger partial charge is 0.251 e. The molecule has 2 aromatic carbocycles. The molecule has 138 valence electrons. The summed E-state index contributed by atoms with van der Waals surface area (Å²) >= 11 is 0. The van der Waals surface area contributed by atoms with Gasteiger partial charge in [-0.1, -0.05) is 48.6 Å². The summed E-state index contributed by atoms with van der Waals surface area (Å²) in [5.74, 6) is 1.28. The fourth-order valence-electron chi connectivity index (χ4n) is 3.90. The van der Waals surface area contributed by atoms with Crippen LogP contribution >= 0.6 is 0 Å². The highest BCUT2D eigenvalue weighted by molar-refractivity contribution is 5.63. The van der Waals surface area contributed by atoms with Crippen molar-refractivity contribution >= 4 is 0 Å². The highest BCUT2D eigenvalue weighted by Gasteiger charge is 2.19. The molecule has 0 heterocycles. The third kappa shape index (κ3) is 5.52. The Labute approximate surface area is 156 Å². The Morgan fingerprint density at radius 3 is 2.08 bits per heavy atom. The lowest BCUT2D eigenvalue weighted by Gasteiger charge is -2.26. The third-order valence-corrected chi connectivity index (χ3v) is 5.55. The molecule has 0 atom stereocenters. The van der Waals surface area contributed by atoms with Crippen LogP contribution in [0.25, 0.3) is 11.1 Å². The number of hydrogen-bond donors (Lipinski definition) is 0. The molecule has 0 unspecified atom stereocenters. The first kappa shape index (κ1) is 18.8. The Morgan fingerprint density at radius 2 is 1.46 bits per heavy atom. The molecule has 0 saturated heterocycles. The normalized spacial score (nSPS) is 20.5. The summed E-state index contributed by atoms with van der Waals surface area (Å²) in [7, 11) is 0. The molecular formula is C24H28F2. The number of halogens is 2. The molecule has 26 heavy (non-hydrogen) atoms. The van der Waals surface area contributed by atoms with E-state index in [1.165, 1.54) is 49.8 Å². The zero-order valence-electron chi connectivity index (χ0n) is 15.3. The van der Waals surface area contributed by atoms with E-state index in [-0.39, 0.29) is 12.5 Å². The maximum absolute atomic E-state index is 13.0. The number of hydrogen-bond acceptors (Lipinski definition) is 0. The van der Waals surface area contributed by atoms with Crippen molar-refractivity contribution in [1.29, 1.82) is 0 Å². The summed E-state index contributed by atoms with van der Waals surface area (Å²) in [5.41, 5.74) is 3.56. The van der Waals surface area contributed by atoms with Gasteiger partial charge in [-0.3, -0.25) is 4.39 Å². The van der Waals surface area contributed by atoms with E-state index in [0.29, 0.717) is 12.3 Å². The van der Waals surface area contributed by atoms with Crippen LogP contribution in [0.3, 0.4) is 0 Å². The van der Waals surface area contributed by atoms with Gasteiger partial charge in [-0.2, -0.15) is 0 Å². The molecule has 0 aromatic heterocycles. The highest BCUT2D eigenvalue weighted by atomic mass is 19.1. The van der Waals surface area contributed by atoms with E-state index in [4.69, 9.17) is 0 Å². The molecule has 1 saturated carbocycles. The predicted molar refractivity (Wildman–Crippen MR) is 105 cm³/mol. The fraction of sp³-hybridized carbons (Fsp3) is 0.417. The lowest BCUT2D eigenvalue weighted by Crippen LogP contribution is -2.13. The Hall–Kier alpha value is -1.96. The van der Waals surface area contributed by atoms with Crippen molar-refractivity contribution in [2.75, 3.05) is 6.67 Å². The Kier molecular flexibility index (Phi) is 6.99. The second kappa shape index (κ2) is 9.66. The Balaban J connectivity index is 1.45. The topological polar surface area (TPSA) is 0 Å². The van der Waals surface area contributed by atoms with Crippen LogP contribution in [-0.2, 0) is 6.42 Å². The predicted octanol–water partition coefficient (Wildman–Crippen LogP) is 7.15. The van der Waals surface area contributed by atoms with Crippen LogP contribution in [0.5, 0.6) is 0 Å². The van der Waals surface area contributed by atoms with E-state index in [2.05, 4.69) is 30.3 Å². The molecular weight excluding hydrogens is 326 g/mol. The molecule has 3 rings (SSSR count). The van der Waals surface area contributed by atoms with Gasteiger partial charge in [0.25, 0.3) is 0 Å². The zero-order valence-corrected chi connectivity index (χ0v) is 15.3. The van der Waals surface area contributed by atoms with Crippen LogP contribution in [0.2, 0.25) is 0 Å². The molecule has 0 radical (unpaired) electrons.